The highest BCUT2D eigenvalue weighted by Gasteiger charge is 2.14. The van der Waals surface area contributed by atoms with Crippen molar-refractivity contribution in [2.24, 2.45) is 0 Å². The molecule has 1 amide bonds. The van der Waals surface area contributed by atoms with Crippen LogP contribution in [0.4, 0.5) is 0 Å². The molecule has 6 heteroatoms. The summed E-state index contributed by atoms with van der Waals surface area (Å²) in [6.45, 7) is 0.699. The predicted molar refractivity (Wildman–Crippen MR) is 81.0 cm³/mol. The van der Waals surface area contributed by atoms with Crippen LogP contribution < -0.4 is 10.2 Å². The zero-order valence-corrected chi connectivity index (χ0v) is 12.3. The van der Waals surface area contributed by atoms with Crippen LogP contribution >= 0.6 is 11.6 Å². The van der Waals surface area contributed by atoms with E-state index in [2.05, 4.69) is 4.98 Å². The maximum atomic E-state index is 12.1. The summed E-state index contributed by atoms with van der Waals surface area (Å²) in [7, 11) is 1.62. The van der Waals surface area contributed by atoms with Crippen molar-refractivity contribution in [1.29, 1.82) is 0 Å². The van der Waals surface area contributed by atoms with E-state index in [1.807, 2.05) is 0 Å². The third-order valence-corrected chi connectivity index (χ3v) is 3.16. The van der Waals surface area contributed by atoms with E-state index in [1.165, 1.54) is 23.4 Å². The summed E-state index contributed by atoms with van der Waals surface area (Å²) in [4.78, 5) is 27.8. The number of halogens is 1. The van der Waals surface area contributed by atoms with Crippen LogP contribution in [0, 0.1) is 0 Å². The van der Waals surface area contributed by atoms with Crippen LogP contribution in [-0.2, 0) is 0 Å². The van der Waals surface area contributed by atoms with Gasteiger partial charge in [0.25, 0.3) is 5.91 Å². The summed E-state index contributed by atoms with van der Waals surface area (Å²) in [6.07, 6.45) is 2.89. The van der Waals surface area contributed by atoms with Gasteiger partial charge in [0, 0.05) is 30.5 Å². The molecule has 0 aliphatic rings. The molecule has 0 saturated heterocycles. The topological polar surface area (TPSA) is 62.4 Å². The molecular formula is C15H15ClN2O3. The third-order valence-electron chi connectivity index (χ3n) is 2.91. The smallest absolute Gasteiger partial charge is 0.259 e. The van der Waals surface area contributed by atoms with E-state index in [0.717, 1.165) is 0 Å². The second-order valence-electron chi connectivity index (χ2n) is 4.45. The van der Waals surface area contributed by atoms with Gasteiger partial charge in [-0.25, -0.2) is 0 Å². The Labute approximate surface area is 127 Å². The number of pyridine rings is 1. The van der Waals surface area contributed by atoms with Crippen LogP contribution in [0.1, 0.15) is 10.4 Å². The highest BCUT2D eigenvalue weighted by Crippen LogP contribution is 2.15. The van der Waals surface area contributed by atoms with Gasteiger partial charge in [-0.2, -0.15) is 0 Å². The number of hydrogen-bond donors (Lipinski definition) is 1. The lowest BCUT2D eigenvalue weighted by Crippen LogP contribution is -2.33. The minimum atomic E-state index is -0.337. The average Bonchev–Trinajstić information content (AvgIpc) is 2.49. The molecule has 2 rings (SSSR count). The van der Waals surface area contributed by atoms with Gasteiger partial charge in [-0.05, 0) is 24.3 Å². The van der Waals surface area contributed by atoms with Gasteiger partial charge in [0.2, 0.25) is 0 Å². The Kier molecular flexibility index (Phi) is 5.00. The summed E-state index contributed by atoms with van der Waals surface area (Å²) in [5, 5.41) is 0.637. The lowest BCUT2D eigenvalue weighted by atomic mass is 10.2. The second kappa shape index (κ2) is 6.95. The zero-order valence-electron chi connectivity index (χ0n) is 11.5. The van der Waals surface area contributed by atoms with Gasteiger partial charge in [0.15, 0.2) is 5.43 Å². The Morgan fingerprint density at radius 1 is 1.29 bits per heavy atom. The summed E-state index contributed by atoms with van der Waals surface area (Å²) < 4.78 is 5.51. The van der Waals surface area contributed by atoms with Crippen molar-refractivity contribution >= 4 is 17.5 Å². The standard InChI is InChI=1S/C15H15ClN2O3/c1-18(15(20)13-10-17-7-6-14(13)19)8-9-21-12-4-2-11(16)3-5-12/h2-7,10H,8-9H2,1H3,(H,17,19). The van der Waals surface area contributed by atoms with Crippen LogP contribution in [-0.4, -0.2) is 36.0 Å². The largest absolute Gasteiger partial charge is 0.492 e. The molecule has 21 heavy (non-hydrogen) atoms. The van der Waals surface area contributed by atoms with E-state index in [0.29, 0.717) is 23.9 Å². The molecule has 0 aliphatic carbocycles. The van der Waals surface area contributed by atoms with Crippen LogP contribution in [0.3, 0.4) is 0 Å². The predicted octanol–water partition coefficient (Wildman–Crippen LogP) is 2.18. The molecule has 110 valence electrons. The fraction of sp³-hybridized carbons (Fsp3) is 0.200. The van der Waals surface area contributed by atoms with Gasteiger partial charge in [0.1, 0.15) is 17.9 Å². The van der Waals surface area contributed by atoms with Crippen molar-refractivity contribution in [1.82, 2.24) is 9.88 Å². The highest BCUT2D eigenvalue weighted by atomic mass is 35.5. The minimum Gasteiger partial charge on any atom is -0.492 e. The number of aromatic amines is 1. The number of nitrogens with one attached hydrogen (secondary N) is 1. The molecule has 0 spiro atoms. The molecule has 0 atom stereocenters. The summed E-state index contributed by atoms with van der Waals surface area (Å²) in [6, 6.07) is 8.30. The fourth-order valence-corrected chi connectivity index (χ4v) is 1.85. The number of nitrogens with zero attached hydrogens (tertiary/aromatic N) is 1. The molecule has 1 aromatic heterocycles. The summed E-state index contributed by atoms with van der Waals surface area (Å²) in [5.74, 6) is 0.342. The zero-order chi connectivity index (χ0) is 15.2. The van der Waals surface area contributed by atoms with E-state index < -0.39 is 0 Å². The number of carbonyl (C=O) groups is 1. The van der Waals surface area contributed by atoms with Gasteiger partial charge >= 0.3 is 0 Å². The van der Waals surface area contributed by atoms with E-state index in [9.17, 15) is 9.59 Å². The molecule has 5 nitrogen and oxygen atoms in total. The molecule has 0 radical (unpaired) electrons. The minimum absolute atomic E-state index is 0.117. The first-order valence-electron chi connectivity index (χ1n) is 6.39. The first kappa shape index (κ1) is 15.1. The van der Waals surface area contributed by atoms with Crippen LogP contribution in [0.15, 0.2) is 47.5 Å². The van der Waals surface area contributed by atoms with E-state index in [4.69, 9.17) is 16.3 Å². The van der Waals surface area contributed by atoms with Crippen molar-refractivity contribution in [2.45, 2.75) is 0 Å². The van der Waals surface area contributed by atoms with Crippen molar-refractivity contribution < 1.29 is 9.53 Å². The maximum absolute atomic E-state index is 12.1. The Balaban J connectivity index is 1.88. The number of hydrogen-bond acceptors (Lipinski definition) is 3. The van der Waals surface area contributed by atoms with Gasteiger partial charge in [-0.15, -0.1) is 0 Å². The fourth-order valence-electron chi connectivity index (χ4n) is 1.72. The van der Waals surface area contributed by atoms with Crippen molar-refractivity contribution in [3.63, 3.8) is 0 Å². The monoisotopic (exact) mass is 306 g/mol. The lowest BCUT2D eigenvalue weighted by molar-refractivity contribution is 0.0772. The van der Waals surface area contributed by atoms with Crippen LogP contribution in [0.25, 0.3) is 0 Å². The number of aromatic nitrogens is 1. The van der Waals surface area contributed by atoms with Gasteiger partial charge < -0.3 is 14.6 Å². The number of amides is 1. The molecule has 0 aliphatic heterocycles. The van der Waals surface area contributed by atoms with Crippen LogP contribution in [0.2, 0.25) is 5.02 Å². The van der Waals surface area contributed by atoms with Gasteiger partial charge in [-0.1, -0.05) is 11.6 Å². The number of rotatable bonds is 5. The molecule has 0 fully saturated rings. The molecular weight excluding hydrogens is 292 g/mol. The Hall–Kier alpha value is -2.27. The van der Waals surface area contributed by atoms with E-state index >= 15 is 0 Å². The van der Waals surface area contributed by atoms with Crippen molar-refractivity contribution in [3.05, 3.63) is 63.5 Å². The lowest BCUT2D eigenvalue weighted by Gasteiger charge is -2.17. The van der Waals surface area contributed by atoms with Crippen molar-refractivity contribution in [2.75, 3.05) is 20.2 Å². The molecule has 0 unspecified atom stereocenters. The highest BCUT2D eigenvalue weighted by molar-refractivity contribution is 6.30. The number of likely N-dealkylation sites (N-methyl/N-ethyl adjacent to an activating group) is 1. The number of carbonyl (C=O) groups excluding carboxylic acids is 1. The Morgan fingerprint density at radius 3 is 2.67 bits per heavy atom. The quantitative estimate of drug-likeness (QED) is 0.921. The number of H-pyrrole nitrogens is 1. The number of ether oxygens (including phenoxy) is 1. The first-order valence-corrected chi connectivity index (χ1v) is 6.76. The summed E-state index contributed by atoms with van der Waals surface area (Å²) >= 11 is 5.78. The van der Waals surface area contributed by atoms with Crippen molar-refractivity contribution in [3.8, 4) is 5.75 Å². The molecule has 0 saturated carbocycles. The molecule has 1 aromatic carbocycles. The molecule has 1 heterocycles. The molecule has 2 aromatic rings. The summed E-state index contributed by atoms with van der Waals surface area (Å²) in [5.41, 5.74) is -0.185. The first-order chi connectivity index (χ1) is 10.1. The Morgan fingerprint density at radius 2 is 2.00 bits per heavy atom. The third kappa shape index (κ3) is 4.10. The van der Waals surface area contributed by atoms with Crippen LogP contribution in [0.5, 0.6) is 5.75 Å². The molecule has 1 N–H and O–H groups in total. The molecule has 0 bridgehead atoms. The van der Waals surface area contributed by atoms with E-state index in [1.54, 1.807) is 31.3 Å². The van der Waals surface area contributed by atoms with Gasteiger partial charge in [-0.3, -0.25) is 9.59 Å². The Bertz CT molecular complexity index is 667. The average molecular weight is 307 g/mol. The second-order valence-corrected chi connectivity index (χ2v) is 4.89. The number of benzene rings is 1. The SMILES string of the molecule is CN(CCOc1ccc(Cl)cc1)C(=O)c1c[nH]ccc1=O. The normalized spacial score (nSPS) is 10.2. The van der Waals surface area contributed by atoms with Gasteiger partial charge in [0.05, 0.1) is 6.54 Å². The maximum Gasteiger partial charge on any atom is 0.259 e. The van der Waals surface area contributed by atoms with E-state index in [-0.39, 0.29) is 16.9 Å².